The average Bonchev–Trinajstić information content (AvgIpc) is 2.68. The van der Waals surface area contributed by atoms with E-state index in [0.717, 1.165) is 12.8 Å². The van der Waals surface area contributed by atoms with Crippen molar-refractivity contribution in [3.63, 3.8) is 0 Å². The third-order valence-corrected chi connectivity index (χ3v) is 1.41. The molecule has 0 aromatic carbocycles. The topological polar surface area (TPSA) is 43.4 Å². The predicted molar refractivity (Wildman–Crippen MR) is 34.1 cm³/mol. The number of carbonyl (C=O) groups excluding carboxylic acids is 2. The van der Waals surface area contributed by atoms with Crippen molar-refractivity contribution < 1.29 is 14.3 Å². The van der Waals surface area contributed by atoms with Crippen LogP contribution in [0.1, 0.15) is 26.2 Å². The van der Waals surface area contributed by atoms with Gasteiger partial charge in [0.05, 0.1) is 5.92 Å². The number of rotatable bonds is 2. The molecule has 1 saturated carbocycles. The number of hydrogen-bond acceptors (Lipinski definition) is 3. The molecular weight excluding hydrogens is 132 g/mol. The van der Waals surface area contributed by atoms with Gasteiger partial charge in [-0.25, -0.2) is 0 Å². The van der Waals surface area contributed by atoms with Crippen molar-refractivity contribution in [1.29, 1.82) is 0 Å². The Morgan fingerprint density at radius 2 is 2.10 bits per heavy atom. The minimum Gasteiger partial charge on any atom is -0.393 e. The second kappa shape index (κ2) is 2.82. The van der Waals surface area contributed by atoms with Gasteiger partial charge in [-0.05, 0) is 12.8 Å². The van der Waals surface area contributed by atoms with Crippen molar-refractivity contribution >= 4 is 11.9 Å². The van der Waals surface area contributed by atoms with E-state index in [1.54, 1.807) is 6.92 Å². The van der Waals surface area contributed by atoms with E-state index in [4.69, 9.17) is 0 Å². The third-order valence-electron chi connectivity index (χ3n) is 1.41. The highest BCUT2D eigenvalue weighted by Gasteiger charge is 2.32. The highest BCUT2D eigenvalue weighted by Crippen LogP contribution is 2.30. The van der Waals surface area contributed by atoms with Gasteiger partial charge in [0.15, 0.2) is 0 Å². The fraction of sp³-hybridized carbons (Fsp3) is 0.714. The molecule has 3 nitrogen and oxygen atoms in total. The molecule has 1 aliphatic rings. The molecule has 1 aliphatic carbocycles. The first-order valence-electron chi connectivity index (χ1n) is 3.48. The first-order chi connectivity index (χ1) is 4.74. The van der Waals surface area contributed by atoms with E-state index in [1.807, 2.05) is 0 Å². The second-order valence-electron chi connectivity index (χ2n) is 2.42. The molecule has 0 aromatic heterocycles. The van der Waals surface area contributed by atoms with E-state index < -0.39 is 5.97 Å². The number of hydrogen-bond donors (Lipinski definition) is 0. The average molecular weight is 142 g/mol. The quantitative estimate of drug-likeness (QED) is 0.424. The predicted octanol–water partition coefficient (Wildman–Crippen LogP) is 0.876. The zero-order valence-electron chi connectivity index (χ0n) is 5.92. The summed E-state index contributed by atoms with van der Waals surface area (Å²) >= 11 is 0. The van der Waals surface area contributed by atoms with Crippen LogP contribution in [0.25, 0.3) is 0 Å². The van der Waals surface area contributed by atoms with E-state index in [2.05, 4.69) is 4.74 Å². The van der Waals surface area contributed by atoms with Crippen LogP contribution in [0.15, 0.2) is 0 Å². The van der Waals surface area contributed by atoms with Gasteiger partial charge in [-0.1, -0.05) is 6.92 Å². The van der Waals surface area contributed by atoms with Crippen molar-refractivity contribution in [2.45, 2.75) is 26.2 Å². The summed E-state index contributed by atoms with van der Waals surface area (Å²) in [6.45, 7) is 1.67. The molecule has 0 aliphatic heterocycles. The van der Waals surface area contributed by atoms with E-state index in [9.17, 15) is 9.59 Å². The smallest absolute Gasteiger partial charge is 0.316 e. The summed E-state index contributed by atoms with van der Waals surface area (Å²) in [7, 11) is 0. The lowest BCUT2D eigenvalue weighted by atomic mass is 10.4. The molecule has 10 heavy (non-hydrogen) atoms. The Morgan fingerprint density at radius 3 is 2.50 bits per heavy atom. The minimum atomic E-state index is -0.420. The lowest BCUT2D eigenvalue weighted by molar-refractivity contribution is -0.160. The molecule has 1 fully saturated rings. The van der Waals surface area contributed by atoms with Crippen LogP contribution in [-0.2, 0) is 14.3 Å². The maximum atomic E-state index is 10.7. The zero-order valence-corrected chi connectivity index (χ0v) is 5.92. The van der Waals surface area contributed by atoms with E-state index >= 15 is 0 Å². The maximum absolute atomic E-state index is 10.7. The second-order valence-corrected chi connectivity index (χ2v) is 2.42. The van der Waals surface area contributed by atoms with E-state index in [-0.39, 0.29) is 18.3 Å². The molecule has 0 spiro atoms. The molecular formula is C7H10O3. The van der Waals surface area contributed by atoms with Gasteiger partial charge < -0.3 is 4.74 Å². The fourth-order valence-electron chi connectivity index (χ4n) is 0.587. The summed E-state index contributed by atoms with van der Waals surface area (Å²) in [5.74, 6) is -0.737. The largest absolute Gasteiger partial charge is 0.393 e. The fourth-order valence-corrected chi connectivity index (χ4v) is 0.587. The zero-order chi connectivity index (χ0) is 7.56. The Balaban J connectivity index is 2.23. The van der Waals surface area contributed by atoms with Crippen LogP contribution in [0.4, 0.5) is 0 Å². The summed E-state index contributed by atoms with van der Waals surface area (Å²) in [5, 5.41) is 0. The van der Waals surface area contributed by atoms with Crippen molar-refractivity contribution in [3.8, 4) is 0 Å². The highest BCUT2D eigenvalue weighted by molar-refractivity contribution is 5.87. The first-order valence-corrected chi connectivity index (χ1v) is 3.48. The molecule has 0 aromatic rings. The van der Waals surface area contributed by atoms with Gasteiger partial charge in [-0.3, -0.25) is 9.59 Å². The molecule has 0 unspecified atom stereocenters. The maximum Gasteiger partial charge on any atom is 0.316 e. The van der Waals surface area contributed by atoms with Crippen LogP contribution >= 0.6 is 0 Å². The van der Waals surface area contributed by atoms with Crippen LogP contribution < -0.4 is 0 Å². The van der Waals surface area contributed by atoms with E-state index in [1.165, 1.54) is 0 Å². The Bertz CT molecular complexity index is 158. The molecule has 0 atom stereocenters. The van der Waals surface area contributed by atoms with Gasteiger partial charge >= 0.3 is 11.9 Å². The minimum absolute atomic E-state index is 0.0236. The molecule has 0 radical (unpaired) electrons. The summed E-state index contributed by atoms with van der Waals surface area (Å²) in [6.07, 6.45) is 2.05. The van der Waals surface area contributed by atoms with Crippen LogP contribution in [-0.4, -0.2) is 11.9 Å². The third kappa shape index (κ3) is 1.83. The Morgan fingerprint density at radius 1 is 1.50 bits per heavy atom. The standard InChI is InChI=1S/C7H10O3/c1-2-6(8)10-7(9)5-3-4-5/h5H,2-4H2,1H3. The van der Waals surface area contributed by atoms with Crippen molar-refractivity contribution in [1.82, 2.24) is 0 Å². The lowest BCUT2D eigenvalue weighted by Crippen LogP contribution is -2.12. The van der Waals surface area contributed by atoms with Gasteiger partial charge in [0.2, 0.25) is 0 Å². The molecule has 0 bridgehead atoms. The van der Waals surface area contributed by atoms with Crippen LogP contribution in [0.2, 0.25) is 0 Å². The van der Waals surface area contributed by atoms with Gasteiger partial charge in [-0.15, -0.1) is 0 Å². The van der Waals surface area contributed by atoms with Crippen LogP contribution in [0, 0.1) is 5.92 Å². The molecule has 0 amide bonds. The summed E-state index contributed by atoms with van der Waals surface area (Å²) in [4.78, 5) is 21.2. The molecule has 0 heterocycles. The summed E-state index contributed by atoms with van der Waals surface area (Å²) < 4.78 is 4.45. The summed E-state index contributed by atoms with van der Waals surface area (Å²) in [6, 6.07) is 0. The Kier molecular flexibility index (Phi) is 2.04. The highest BCUT2D eigenvalue weighted by atomic mass is 16.6. The number of carbonyl (C=O) groups is 2. The number of ether oxygens (including phenoxy) is 1. The lowest BCUT2D eigenvalue weighted by Gasteiger charge is -1.96. The molecule has 1 rings (SSSR count). The van der Waals surface area contributed by atoms with Crippen LogP contribution in [0.5, 0.6) is 0 Å². The van der Waals surface area contributed by atoms with Gasteiger partial charge in [-0.2, -0.15) is 0 Å². The Hall–Kier alpha value is -0.860. The van der Waals surface area contributed by atoms with Gasteiger partial charge in [0.25, 0.3) is 0 Å². The van der Waals surface area contributed by atoms with Crippen molar-refractivity contribution in [3.05, 3.63) is 0 Å². The van der Waals surface area contributed by atoms with Crippen molar-refractivity contribution in [2.24, 2.45) is 5.92 Å². The monoisotopic (exact) mass is 142 g/mol. The van der Waals surface area contributed by atoms with Crippen LogP contribution in [0.3, 0.4) is 0 Å². The molecule has 0 N–H and O–H groups in total. The molecule has 0 saturated heterocycles. The Labute approximate surface area is 59.4 Å². The molecule has 3 heteroatoms. The SMILES string of the molecule is CCC(=O)OC(=O)C1CC1. The van der Waals surface area contributed by atoms with Crippen molar-refractivity contribution in [2.75, 3.05) is 0 Å². The first kappa shape index (κ1) is 7.25. The normalized spacial score (nSPS) is 16.5. The van der Waals surface area contributed by atoms with E-state index in [0.29, 0.717) is 0 Å². The number of esters is 2. The molecule has 56 valence electrons. The summed E-state index contributed by atoms with van der Waals surface area (Å²) in [5.41, 5.74) is 0. The van der Waals surface area contributed by atoms with Gasteiger partial charge in [0, 0.05) is 6.42 Å². The van der Waals surface area contributed by atoms with Gasteiger partial charge in [0.1, 0.15) is 0 Å².